The van der Waals surface area contributed by atoms with Crippen LogP contribution < -0.4 is 4.90 Å². The van der Waals surface area contributed by atoms with Gasteiger partial charge in [-0.05, 0) is 145 Å². The molecule has 0 unspecified atom stereocenters. The molecule has 0 heterocycles. The van der Waals surface area contributed by atoms with E-state index < -0.39 is 0 Å². The van der Waals surface area contributed by atoms with Gasteiger partial charge in [0, 0.05) is 22.4 Å². The second-order valence-corrected chi connectivity index (χ2v) is 20.3. The summed E-state index contributed by atoms with van der Waals surface area (Å²) in [5.41, 5.74) is 20.7. The van der Waals surface area contributed by atoms with Gasteiger partial charge in [-0.1, -0.05) is 160 Å². The van der Waals surface area contributed by atoms with E-state index in [1.807, 2.05) is 0 Å². The monoisotopic (exact) mass is 733 g/mol. The molecule has 1 heteroatoms. The van der Waals surface area contributed by atoms with E-state index in [4.69, 9.17) is 0 Å². The van der Waals surface area contributed by atoms with Crippen LogP contribution in [0.15, 0.2) is 127 Å². The Morgan fingerprint density at radius 1 is 0.357 bits per heavy atom. The number of para-hydroxylation sites is 1. The van der Waals surface area contributed by atoms with Crippen molar-refractivity contribution in [2.24, 2.45) is 0 Å². The fourth-order valence-electron chi connectivity index (χ4n) is 10.9. The van der Waals surface area contributed by atoms with Crippen LogP contribution >= 0.6 is 0 Å². The van der Waals surface area contributed by atoms with E-state index in [0.717, 1.165) is 0 Å². The van der Waals surface area contributed by atoms with Crippen LogP contribution in [0.25, 0.3) is 33.4 Å². The van der Waals surface area contributed by atoms with Crippen LogP contribution in [0.1, 0.15) is 128 Å². The Labute approximate surface area is 336 Å². The van der Waals surface area contributed by atoms with Crippen molar-refractivity contribution in [3.63, 3.8) is 0 Å². The first-order valence-corrected chi connectivity index (χ1v) is 21.0. The van der Waals surface area contributed by atoms with Crippen molar-refractivity contribution in [2.75, 3.05) is 4.90 Å². The first-order chi connectivity index (χ1) is 26.5. The van der Waals surface area contributed by atoms with Gasteiger partial charge in [0.25, 0.3) is 0 Å². The molecule has 56 heavy (non-hydrogen) atoms. The number of hydrogen-bond donors (Lipinski definition) is 0. The molecule has 0 N–H and O–H groups in total. The summed E-state index contributed by atoms with van der Waals surface area (Å²) in [6, 6.07) is 48.9. The largest absolute Gasteiger partial charge is 0.310 e. The van der Waals surface area contributed by atoms with Crippen molar-refractivity contribution in [2.45, 2.75) is 122 Å². The van der Waals surface area contributed by atoms with Gasteiger partial charge in [-0.3, -0.25) is 0 Å². The van der Waals surface area contributed by atoms with Gasteiger partial charge >= 0.3 is 0 Å². The molecule has 0 bridgehead atoms. The Bertz CT molecular complexity index is 2510. The molecule has 0 aromatic heterocycles. The van der Waals surface area contributed by atoms with Gasteiger partial charge in [0.1, 0.15) is 0 Å². The zero-order valence-corrected chi connectivity index (χ0v) is 35.4. The highest BCUT2D eigenvalue weighted by Gasteiger charge is 2.42. The van der Waals surface area contributed by atoms with Crippen LogP contribution in [0.2, 0.25) is 0 Å². The van der Waals surface area contributed by atoms with Gasteiger partial charge in [-0.15, -0.1) is 0 Å². The number of rotatable bonds is 5. The minimum atomic E-state index is -0.137. The molecule has 3 aliphatic carbocycles. The Morgan fingerprint density at radius 2 is 0.857 bits per heavy atom. The van der Waals surface area contributed by atoms with E-state index in [-0.39, 0.29) is 27.1 Å². The lowest BCUT2D eigenvalue weighted by atomic mass is 9.61. The molecular weight excluding hydrogens is 675 g/mol. The van der Waals surface area contributed by atoms with Crippen LogP contribution in [0.5, 0.6) is 0 Å². The maximum absolute atomic E-state index is 2.56. The molecule has 1 nitrogen and oxygen atoms in total. The van der Waals surface area contributed by atoms with Crippen LogP contribution in [-0.4, -0.2) is 0 Å². The lowest BCUT2D eigenvalue weighted by Gasteiger charge is -2.43. The van der Waals surface area contributed by atoms with E-state index in [1.54, 1.807) is 0 Å². The van der Waals surface area contributed by atoms with Gasteiger partial charge in [0.2, 0.25) is 0 Å². The fourth-order valence-corrected chi connectivity index (χ4v) is 10.9. The van der Waals surface area contributed by atoms with E-state index >= 15 is 0 Å². The summed E-state index contributed by atoms with van der Waals surface area (Å²) in [6.07, 6.45) is 4.75. The van der Waals surface area contributed by atoms with Crippen molar-refractivity contribution in [1.29, 1.82) is 0 Å². The van der Waals surface area contributed by atoms with Crippen molar-refractivity contribution >= 4 is 17.1 Å². The zero-order valence-electron chi connectivity index (χ0n) is 35.4. The summed E-state index contributed by atoms with van der Waals surface area (Å²) in [6.45, 7) is 24.4. The minimum absolute atomic E-state index is 0.0411. The second kappa shape index (κ2) is 12.6. The molecule has 0 atom stereocenters. The highest BCUT2D eigenvalue weighted by atomic mass is 15.1. The first-order valence-electron chi connectivity index (χ1n) is 21.0. The molecule has 0 saturated carbocycles. The van der Waals surface area contributed by atoms with Gasteiger partial charge in [0.15, 0.2) is 0 Å². The number of nitrogens with zero attached hydrogens (tertiary/aromatic N) is 1. The molecule has 3 aliphatic rings. The Kier molecular flexibility index (Phi) is 8.24. The second-order valence-electron chi connectivity index (χ2n) is 20.3. The molecule has 6 aromatic rings. The summed E-state index contributed by atoms with van der Waals surface area (Å²) in [5.74, 6) is 0. The van der Waals surface area contributed by atoms with Gasteiger partial charge < -0.3 is 4.90 Å². The number of fused-ring (bicyclic) bond motifs is 5. The normalized spacial score (nSPS) is 19.0. The van der Waals surface area contributed by atoms with Crippen LogP contribution in [0.3, 0.4) is 0 Å². The van der Waals surface area contributed by atoms with Crippen LogP contribution in [-0.2, 0) is 27.1 Å². The molecule has 0 amide bonds. The maximum atomic E-state index is 2.56. The summed E-state index contributed by atoms with van der Waals surface area (Å²) >= 11 is 0. The SMILES string of the molecule is CC1(C)CCC(C)(C)c2c(-c3cccc(N(c4ccccc4)c4cc5c(cc4-c4cccc6c4C(C)(C)CCC6(C)C)-c4ccccc4C5(C)C)c3)cccc21. The molecular formula is C55H59N. The molecule has 9 rings (SSSR count). The van der Waals surface area contributed by atoms with Crippen molar-refractivity contribution in [3.05, 3.63) is 161 Å². The van der Waals surface area contributed by atoms with Crippen LogP contribution in [0, 0.1) is 0 Å². The van der Waals surface area contributed by atoms with Crippen LogP contribution in [0.4, 0.5) is 17.1 Å². The average Bonchev–Trinajstić information content (AvgIpc) is 3.40. The molecule has 0 radical (unpaired) electrons. The maximum Gasteiger partial charge on any atom is 0.0543 e. The number of hydrogen-bond acceptors (Lipinski definition) is 1. The van der Waals surface area contributed by atoms with Crippen molar-refractivity contribution in [1.82, 2.24) is 0 Å². The molecule has 0 fully saturated rings. The topological polar surface area (TPSA) is 3.24 Å². The molecule has 284 valence electrons. The van der Waals surface area contributed by atoms with E-state index in [9.17, 15) is 0 Å². The average molecular weight is 734 g/mol. The predicted octanol–water partition coefficient (Wildman–Crippen LogP) is 15.5. The zero-order chi connectivity index (χ0) is 39.4. The van der Waals surface area contributed by atoms with Gasteiger partial charge in [0.05, 0.1) is 5.69 Å². The standard InChI is InChI=1S/C55H59N/c1-51(2)29-31-53(5,6)49-39(24-17-27-45(49)51)36-19-16-22-38(33-36)56(37-20-12-11-13-21-37)48-35-47-42(40-23-14-15-26-44(40)55(47,9)10)34-43(48)41-25-18-28-46-50(41)54(7,8)32-30-52(46,3)4/h11-28,33-35H,29-32H2,1-10H3. The molecule has 6 aromatic carbocycles. The summed E-state index contributed by atoms with van der Waals surface area (Å²) in [5, 5.41) is 0. The van der Waals surface area contributed by atoms with E-state index in [1.165, 1.54) is 110 Å². The third-order valence-electron chi connectivity index (χ3n) is 14.4. The quantitative estimate of drug-likeness (QED) is 0.171. The highest BCUT2D eigenvalue weighted by molar-refractivity contribution is 5.96. The fraction of sp³-hybridized carbons (Fsp3) is 0.345. The predicted molar refractivity (Wildman–Crippen MR) is 240 cm³/mol. The lowest BCUT2D eigenvalue weighted by Crippen LogP contribution is -2.34. The van der Waals surface area contributed by atoms with E-state index in [0.29, 0.717) is 0 Å². The first kappa shape index (κ1) is 36.7. The molecule has 0 aliphatic heterocycles. The number of benzene rings is 6. The van der Waals surface area contributed by atoms with Gasteiger partial charge in [-0.2, -0.15) is 0 Å². The molecule has 0 saturated heterocycles. The summed E-state index contributed by atoms with van der Waals surface area (Å²) < 4.78 is 0. The lowest BCUT2D eigenvalue weighted by molar-refractivity contribution is 0.333. The van der Waals surface area contributed by atoms with E-state index in [2.05, 4.69) is 202 Å². The van der Waals surface area contributed by atoms with Crippen molar-refractivity contribution < 1.29 is 0 Å². The van der Waals surface area contributed by atoms with Gasteiger partial charge in [-0.25, -0.2) is 0 Å². The highest BCUT2D eigenvalue weighted by Crippen LogP contribution is 2.57. The summed E-state index contributed by atoms with van der Waals surface area (Å²) in [4.78, 5) is 2.56. The third-order valence-corrected chi connectivity index (χ3v) is 14.4. The third kappa shape index (κ3) is 5.63. The number of anilines is 3. The minimum Gasteiger partial charge on any atom is -0.310 e. The Morgan fingerprint density at radius 3 is 1.52 bits per heavy atom. The molecule has 0 spiro atoms. The Balaban J connectivity index is 1.35. The summed E-state index contributed by atoms with van der Waals surface area (Å²) in [7, 11) is 0. The Hall–Kier alpha value is -4.88. The van der Waals surface area contributed by atoms with Crippen molar-refractivity contribution in [3.8, 4) is 33.4 Å². The smallest absolute Gasteiger partial charge is 0.0543 e.